The lowest BCUT2D eigenvalue weighted by Gasteiger charge is -2.26. The normalized spacial score (nSPS) is 22.0. The van der Waals surface area contributed by atoms with Crippen LogP contribution in [0.5, 0.6) is 0 Å². The number of aromatic nitrogens is 3. The molecule has 102 valence electrons. The average molecular weight is 252 g/mol. The molecule has 1 N–H and O–H groups in total. The van der Waals surface area contributed by atoms with E-state index in [4.69, 9.17) is 4.74 Å². The minimum absolute atomic E-state index is 0.287. The molecule has 5 nitrogen and oxygen atoms in total. The molecule has 2 heterocycles. The Kier molecular flexibility index (Phi) is 5.13. The highest BCUT2D eigenvalue weighted by molar-refractivity contribution is 5.02. The molecule has 0 spiro atoms. The van der Waals surface area contributed by atoms with Crippen LogP contribution in [0.15, 0.2) is 6.20 Å². The van der Waals surface area contributed by atoms with Crippen molar-refractivity contribution < 1.29 is 4.74 Å². The van der Waals surface area contributed by atoms with Gasteiger partial charge in [-0.1, -0.05) is 12.1 Å². The molecule has 1 aromatic heterocycles. The maximum Gasteiger partial charge on any atom is 0.0757 e. The van der Waals surface area contributed by atoms with Crippen LogP contribution in [0.3, 0.4) is 0 Å². The van der Waals surface area contributed by atoms with E-state index in [1.54, 1.807) is 0 Å². The zero-order valence-corrected chi connectivity index (χ0v) is 11.4. The molecule has 2 rings (SSSR count). The van der Waals surface area contributed by atoms with Crippen LogP contribution in [0, 0.1) is 0 Å². The van der Waals surface area contributed by atoms with Crippen molar-refractivity contribution >= 4 is 0 Å². The summed E-state index contributed by atoms with van der Waals surface area (Å²) < 4.78 is 7.82. The maximum atomic E-state index is 5.82. The van der Waals surface area contributed by atoms with Gasteiger partial charge in [-0.15, -0.1) is 5.10 Å². The van der Waals surface area contributed by atoms with Gasteiger partial charge in [0.1, 0.15) is 0 Å². The lowest BCUT2D eigenvalue weighted by Crippen LogP contribution is -2.28. The lowest BCUT2D eigenvalue weighted by molar-refractivity contribution is 0.00497. The molecule has 1 saturated heterocycles. The molecule has 0 radical (unpaired) electrons. The monoisotopic (exact) mass is 252 g/mol. The Morgan fingerprint density at radius 2 is 2.44 bits per heavy atom. The van der Waals surface area contributed by atoms with Crippen LogP contribution in [0.25, 0.3) is 0 Å². The standard InChI is InChI=1S/C13H24N4O/c1-3-7-17-13(10-15-16-17)12(14-2)9-11-6-4-5-8-18-11/h10-12,14H,3-9H2,1-2H3. The Morgan fingerprint density at radius 1 is 1.56 bits per heavy atom. The van der Waals surface area contributed by atoms with Gasteiger partial charge < -0.3 is 10.1 Å². The van der Waals surface area contributed by atoms with E-state index in [9.17, 15) is 0 Å². The fraction of sp³-hybridized carbons (Fsp3) is 0.846. The van der Waals surface area contributed by atoms with Crippen molar-refractivity contribution in [1.29, 1.82) is 0 Å². The number of rotatable bonds is 6. The first-order valence-corrected chi connectivity index (χ1v) is 7.02. The summed E-state index contributed by atoms with van der Waals surface area (Å²) in [7, 11) is 2.00. The third-order valence-electron chi connectivity index (χ3n) is 3.56. The highest BCUT2D eigenvalue weighted by atomic mass is 16.5. The maximum absolute atomic E-state index is 5.82. The molecular weight excluding hydrogens is 228 g/mol. The predicted octanol–water partition coefficient (Wildman–Crippen LogP) is 1.91. The van der Waals surface area contributed by atoms with Crippen molar-refractivity contribution in [2.24, 2.45) is 0 Å². The molecule has 5 heteroatoms. The van der Waals surface area contributed by atoms with Gasteiger partial charge in [0.25, 0.3) is 0 Å². The number of nitrogens with one attached hydrogen (secondary N) is 1. The van der Waals surface area contributed by atoms with E-state index in [-0.39, 0.29) is 6.04 Å². The van der Waals surface area contributed by atoms with Crippen LogP contribution >= 0.6 is 0 Å². The van der Waals surface area contributed by atoms with Crippen molar-refractivity contribution in [1.82, 2.24) is 20.3 Å². The minimum atomic E-state index is 0.287. The molecular formula is C13H24N4O. The van der Waals surface area contributed by atoms with E-state index in [1.165, 1.54) is 25.0 Å². The molecule has 2 atom stereocenters. The van der Waals surface area contributed by atoms with Crippen LogP contribution in [0.4, 0.5) is 0 Å². The molecule has 1 aliphatic heterocycles. The number of nitrogens with zero attached hydrogens (tertiary/aromatic N) is 3. The highest BCUT2D eigenvalue weighted by Crippen LogP contribution is 2.24. The summed E-state index contributed by atoms with van der Waals surface area (Å²) in [5.41, 5.74) is 1.17. The van der Waals surface area contributed by atoms with Crippen LogP contribution in [-0.4, -0.2) is 34.8 Å². The molecule has 0 aliphatic carbocycles. The molecule has 0 saturated carbocycles. The van der Waals surface area contributed by atoms with Gasteiger partial charge in [-0.3, -0.25) is 0 Å². The van der Waals surface area contributed by atoms with E-state index < -0.39 is 0 Å². The summed E-state index contributed by atoms with van der Waals surface area (Å²) in [5, 5.41) is 11.6. The smallest absolute Gasteiger partial charge is 0.0757 e. The summed E-state index contributed by atoms with van der Waals surface area (Å²) in [4.78, 5) is 0. The molecule has 0 amide bonds. The molecule has 1 aromatic rings. The van der Waals surface area contributed by atoms with E-state index in [0.29, 0.717) is 6.10 Å². The fourth-order valence-electron chi connectivity index (χ4n) is 2.56. The predicted molar refractivity (Wildman–Crippen MR) is 70.3 cm³/mol. The number of aryl methyl sites for hydroxylation is 1. The summed E-state index contributed by atoms with van der Waals surface area (Å²) in [6, 6.07) is 0.287. The number of hydrogen-bond donors (Lipinski definition) is 1. The van der Waals surface area contributed by atoms with Gasteiger partial charge in [0, 0.05) is 13.2 Å². The zero-order chi connectivity index (χ0) is 12.8. The summed E-state index contributed by atoms with van der Waals surface area (Å²) in [6.07, 6.45) is 8.00. The lowest BCUT2D eigenvalue weighted by atomic mass is 10.00. The fourth-order valence-corrected chi connectivity index (χ4v) is 2.56. The van der Waals surface area contributed by atoms with E-state index in [2.05, 4.69) is 22.6 Å². The van der Waals surface area contributed by atoms with Crippen molar-refractivity contribution in [2.75, 3.05) is 13.7 Å². The van der Waals surface area contributed by atoms with E-state index >= 15 is 0 Å². The second-order valence-electron chi connectivity index (χ2n) is 4.95. The molecule has 18 heavy (non-hydrogen) atoms. The Balaban J connectivity index is 2.00. The first kappa shape index (κ1) is 13.5. The third kappa shape index (κ3) is 3.29. The average Bonchev–Trinajstić information content (AvgIpc) is 2.86. The quantitative estimate of drug-likeness (QED) is 0.840. The van der Waals surface area contributed by atoms with Gasteiger partial charge in [-0.25, -0.2) is 4.68 Å². The minimum Gasteiger partial charge on any atom is -0.378 e. The topological polar surface area (TPSA) is 52.0 Å². The van der Waals surface area contributed by atoms with E-state index in [0.717, 1.165) is 26.0 Å². The Morgan fingerprint density at radius 3 is 3.11 bits per heavy atom. The van der Waals surface area contributed by atoms with Gasteiger partial charge in [0.15, 0.2) is 0 Å². The van der Waals surface area contributed by atoms with Crippen molar-refractivity contribution in [2.45, 2.75) is 57.7 Å². The molecule has 1 fully saturated rings. The number of hydrogen-bond acceptors (Lipinski definition) is 4. The largest absolute Gasteiger partial charge is 0.378 e. The van der Waals surface area contributed by atoms with Crippen molar-refractivity contribution in [3.8, 4) is 0 Å². The third-order valence-corrected chi connectivity index (χ3v) is 3.56. The first-order valence-electron chi connectivity index (χ1n) is 7.02. The van der Waals surface area contributed by atoms with Crippen LogP contribution < -0.4 is 5.32 Å². The Bertz CT molecular complexity index is 347. The second kappa shape index (κ2) is 6.85. The first-order chi connectivity index (χ1) is 8.85. The number of ether oxygens (including phenoxy) is 1. The Labute approximate surface area is 109 Å². The van der Waals surface area contributed by atoms with Crippen molar-refractivity contribution in [3.63, 3.8) is 0 Å². The van der Waals surface area contributed by atoms with Crippen LogP contribution in [0.2, 0.25) is 0 Å². The zero-order valence-electron chi connectivity index (χ0n) is 11.4. The van der Waals surface area contributed by atoms with Gasteiger partial charge in [-0.2, -0.15) is 0 Å². The molecule has 0 bridgehead atoms. The van der Waals surface area contributed by atoms with Crippen molar-refractivity contribution in [3.05, 3.63) is 11.9 Å². The molecule has 2 unspecified atom stereocenters. The van der Waals surface area contributed by atoms with Gasteiger partial charge in [0.2, 0.25) is 0 Å². The second-order valence-corrected chi connectivity index (χ2v) is 4.95. The van der Waals surface area contributed by atoms with Crippen LogP contribution in [-0.2, 0) is 11.3 Å². The van der Waals surface area contributed by atoms with Gasteiger partial charge in [-0.05, 0) is 39.2 Å². The molecule has 0 aromatic carbocycles. The van der Waals surface area contributed by atoms with Gasteiger partial charge in [0.05, 0.1) is 24.0 Å². The van der Waals surface area contributed by atoms with Gasteiger partial charge >= 0.3 is 0 Å². The van der Waals surface area contributed by atoms with E-state index in [1.807, 2.05) is 17.9 Å². The Hall–Kier alpha value is -0.940. The summed E-state index contributed by atoms with van der Waals surface area (Å²) in [6.45, 7) is 4.00. The molecule has 1 aliphatic rings. The SMILES string of the molecule is CCCn1nncc1C(CC1CCCCO1)NC. The highest BCUT2D eigenvalue weighted by Gasteiger charge is 2.22. The van der Waals surface area contributed by atoms with Crippen LogP contribution in [0.1, 0.15) is 50.8 Å². The summed E-state index contributed by atoms with van der Waals surface area (Å²) in [5.74, 6) is 0. The summed E-state index contributed by atoms with van der Waals surface area (Å²) >= 11 is 0.